The van der Waals surface area contributed by atoms with Crippen LogP contribution in [-0.2, 0) is 38.7 Å². The third kappa shape index (κ3) is 36.8. The summed E-state index contributed by atoms with van der Waals surface area (Å²) in [6.07, 6.45) is 39.3. The van der Waals surface area contributed by atoms with Crippen molar-refractivity contribution in [3.05, 3.63) is 24.3 Å². The predicted molar refractivity (Wildman–Crippen MR) is 261 cm³/mol. The van der Waals surface area contributed by atoms with Crippen molar-refractivity contribution in [3.63, 3.8) is 0 Å². The van der Waals surface area contributed by atoms with E-state index in [4.69, 9.17) is 18.9 Å². The van der Waals surface area contributed by atoms with Gasteiger partial charge in [-0.1, -0.05) is 205 Å². The van der Waals surface area contributed by atoms with Crippen LogP contribution in [0.2, 0.25) is 0 Å². The smallest absolute Gasteiger partial charge is 0.306 e. The maximum Gasteiger partial charge on any atom is 0.306 e. The van der Waals surface area contributed by atoms with E-state index in [1.165, 1.54) is 141 Å². The van der Waals surface area contributed by atoms with Crippen LogP contribution in [0.15, 0.2) is 24.3 Å². The second kappa shape index (κ2) is 42.2. The molecule has 0 amide bonds. The third-order valence-corrected chi connectivity index (χ3v) is 13.0. The molecule has 0 radical (unpaired) electrons. The van der Waals surface area contributed by atoms with Gasteiger partial charge in [0.25, 0.3) is 10.1 Å². The molecule has 2 unspecified atom stereocenters. The van der Waals surface area contributed by atoms with Crippen molar-refractivity contribution in [1.82, 2.24) is 0 Å². The summed E-state index contributed by atoms with van der Waals surface area (Å²) in [6, 6.07) is 0. The second-order valence-corrected chi connectivity index (χ2v) is 20.0. The van der Waals surface area contributed by atoms with E-state index in [-0.39, 0.29) is 19.4 Å². The number of carbonyl (C=O) groups excluding carboxylic acids is 2. The molecule has 4 N–H and O–H groups in total. The summed E-state index contributed by atoms with van der Waals surface area (Å²) in [6.45, 7) is 3.77. The van der Waals surface area contributed by atoms with E-state index in [9.17, 15) is 37.9 Å². The van der Waals surface area contributed by atoms with Crippen LogP contribution in [0.3, 0.4) is 0 Å². The molecular formula is C52H96O12S. The summed E-state index contributed by atoms with van der Waals surface area (Å²) in [5.41, 5.74) is 0. The molecule has 0 aromatic carbocycles. The number of aliphatic hydroxyl groups excluding tert-OH is 3. The summed E-state index contributed by atoms with van der Waals surface area (Å²) in [5, 5.41) is 31.0. The van der Waals surface area contributed by atoms with E-state index in [0.29, 0.717) is 12.8 Å². The van der Waals surface area contributed by atoms with Gasteiger partial charge in [0, 0.05) is 12.8 Å². The molecule has 13 heteroatoms. The highest BCUT2D eigenvalue weighted by atomic mass is 32.2. The molecule has 1 heterocycles. The summed E-state index contributed by atoms with van der Waals surface area (Å²) in [5.74, 6) is -1.98. The third-order valence-electron chi connectivity index (χ3n) is 12.3. The van der Waals surface area contributed by atoms with Crippen LogP contribution in [0.25, 0.3) is 0 Å². The van der Waals surface area contributed by atoms with Crippen LogP contribution in [0, 0.1) is 0 Å². The Hall–Kier alpha value is -1.87. The standard InChI is InChI=1S/C52H96O12S/c1-3-5-7-9-11-13-15-17-19-21-22-23-25-27-29-31-33-35-37-39-41-48(54)63-45(43-62-52-51(57)50(56)49(55)46(64-52)44-65(58,59)60)42-61-47(53)40-38-36-34-32-30-28-26-24-20-18-16-14-12-10-8-6-4-2/h12,14,18,20,45-46,49-52,55-57H,3-11,13,15-17,19,21-44H2,1-2H3,(H,58,59,60)/b14-12+,20-18+/t45-,46-,49-,50?,51?,52+/m1/s1. The second-order valence-electron chi connectivity index (χ2n) is 18.5. The van der Waals surface area contributed by atoms with Crippen LogP contribution in [-0.4, -0.2) is 96.0 Å². The highest BCUT2D eigenvalue weighted by Gasteiger charge is 2.46. The van der Waals surface area contributed by atoms with Crippen molar-refractivity contribution in [3.8, 4) is 0 Å². The van der Waals surface area contributed by atoms with Gasteiger partial charge in [-0.05, 0) is 44.9 Å². The predicted octanol–water partition coefficient (Wildman–Crippen LogP) is 12.0. The minimum absolute atomic E-state index is 0.168. The number of unbranched alkanes of at least 4 members (excludes halogenated alkanes) is 29. The van der Waals surface area contributed by atoms with Crippen LogP contribution in [0.4, 0.5) is 0 Å². The molecule has 0 saturated carbocycles. The van der Waals surface area contributed by atoms with Crippen LogP contribution >= 0.6 is 0 Å². The molecule has 1 saturated heterocycles. The number of esters is 2. The first-order chi connectivity index (χ1) is 31.5. The summed E-state index contributed by atoms with van der Waals surface area (Å²) >= 11 is 0. The zero-order chi connectivity index (χ0) is 47.6. The zero-order valence-corrected chi connectivity index (χ0v) is 41.9. The Morgan fingerprint density at radius 2 is 0.923 bits per heavy atom. The fraction of sp³-hybridized carbons (Fsp3) is 0.885. The number of aliphatic hydroxyl groups is 3. The average Bonchev–Trinajstić information content (AvgIpc) is 3.27. The highest BCUT2D eigenvalue weighted by molar-refractivity contribution is 7.85. The topological polar surface area (TPSA) is 186 Å². The Bertz CT molecular complexity index is 1290. The fourth-order valence-corrected chi connectivity index (χ4v) is 8.87. The molecule has 0 aliphatic carbocycles. The Balaban J connectivity index is 2.35. The Morgan fingerprint density at radius 1 is 0.523 bits per heavy atom. The monoisotopic (exact) mass is 945 g/mol. The molecule has 382 valence electrons. The molecule has 0 aromatic heterocycles. The quantitative estimate of drug-likeness (QED) is 0.0196. The van der Waals surface area contributed by atoms with E-state index in [0.717, 1.165) is 57.8 Å². The van der Waals surface area contributed by atoms with E-state index in [2.05, 4.69) is 38.2 Å². The Kier molecular flexibility index (Phi) is 39.7. The number of hydrogen-bond acceptors (Lipinski definition) is 11. The van der Waals surface area contributed by atoms with Crippen LogP contribution in [0.5, 0.6) is 0 Å². The molecule has 65 heavy (non-hydrogen) atoms. The number of carbonyl (C=O) groups is 2. The first kappa shape index (κ1) is 61.1. The van der Waals surface area contributed by atoms with Gasteiger partial charge in [-0.3, -0.25) is 14.1 Å². The molecule has 0 aromatic rings. The first-order valence-electron chi connectivity index (χ1n) is 26.4. The number of rotatable bonds is 45. The molecular weight excluding hydrogens is 849 g/mol. The number of hydrogen-bond donors (Lipinski definition) is 4. The van der Waals surface area contributed by atoms with E-state index in [1.807, 2.05) is 0 Å². The van der Waals surface area contributed by atoms with Crippen molar-refractivity contribution in [1.29, 1.82) is 0 Å². The van der Waals surface area contributed by atoms with Crippen molar-refractivity contribution in [2.24, 2.45) is 0 Å². The normalized spacial score (nSPS) is 19.6. The zero-order valence-electron chi connectivity index (χ0n) is 41.1. The van der Waals surface area contributed by atoms with E-state index in [1.54, 1.807) is 0 Å². The summed E-state index contributed by atoms with van der Waals surface area (Å²) < 4.78 is 54.3. The van der Waals surface area contributed by atoms with Gasteiger partial charge in [-0.2, -0.15) is 8.42 Å². The highest BCUT2D eigenvalue weighted by Crippen LogP contribution is 2.24. The van der Waals surface area contributed by atoms with Gasteiger partial charge in [0.1, 0.15) is 36.8 Å². The van der Waals surface area contributed by atoms with Crippen molar-refractivity contribution < 1.29 is 56.8 Å². The van der Waals surface area contributed by atoms with E-state index >= 15 is 0 Å². The molecule has 6 atom stereocenters. The van der Waals surface area contributed by atoms with Crippen LogP contribution in [0.1, 0.15) is 239 Å². The summed E-state index contributed by atoms with van der Waals surface area (Å²) in [7, 11) is -4.60. The first-order valence-corrected chi connectivity index (χ1v) is 28.0. The van der Waals surface area contributed by atoms with Gasteiger partial charge >= 0.3 is 11.9 Å². The van der Waals surface area contributed by atoms with Crippen molar-refractivity contribution in [2.75, 3.05) is 19.0 Å². The minimum Gasteiger partial charge on any atom is -0.462 e. The molecule has 1 rings (SSSR count). The van der Waals surface area contributed by atoms with Gasteiger partial charge in [0.2, 0.25) is 0 Å². The molecule has 1 aliphatic rings. The van der Waals surface area contributed by atoms with E-state index < -0.39 is 71.2 Å². The fourth-order valence-electron chi connectivity index (χ4n) is 8.18. The molecule has 0 spiro atoms. The Labute approximate surface area is 396 Å². The van der Waals surface area contributed by atoms with Crippen molar-refractivity contribution in [2.45, 2.75) is 275 Å². The number of allylic oxidation sites excluding steroid dienone is 4. The van der Waals surface area contributed by atoms with Gasteiger partial charge < -0.3 is 34.3 Å². The van der Waals surface area contributed by atoms with Gasteiger partial charge in [0.05, 0.1) is 6.61 Å². The molecule has 0 bridgehead atoms. The van der Waals surface area contributed by atoms with Gasteiger partial charge in [-0.15, -0.1) is 0 Å². The maximum atomic E-state index is 12.9. The number of ether oxygens (including phenoxy) is 4. The van der Waals surface area contributed by atoms with Gasteiger partial charge in [0.15, 0.2) is 12.4 Å². The minimum atomic E-state index is -4.60. The molecule has 1 fully saturated rings. The lowest BCUT2D eigenvalue weighted by Gasteiger charge is -2.40. The average molecular weight is 945 g/mol. The van der Waals surface area contributed by atoms with Crippen molar-refractivity contribution >= 4 is 22.1 Å². The lowest BCUT2D eigenvalue weighted by molar-refractivity contribution is -0.297. The van der Waals surface area contributed by atoms with Gasteiger partial charge in [-0.25, -0.2) is 0 Å². The molecule has 1 aliphatic heterocycles. The summed E-state index contributed by atoms with van der Waals surface area (Å²) in [4.78, 5) is 25.5. The lowest BCUT2D eigenvalue weighted by atomic mass is 10.00. The maximum absolute atomic E-state index is 12.9. The lowest BCUT2D eigenvalue weighted by Crippen LogP contribution is -2.60. The Morgan fingerprint density at radius 3 is 1.38 bits per heavy atom. The SMILES string of the molecule is CCCCC/C=C/C/C=C/CCCCCCCCCC(=O)OC[C@H](CO[C@H]1O[C@H](CS(=O)(=O)O)[C@@H](O)C(O)C1O)OC(=O)CCCCCCCCCCCCCCCCCCCCCC. The molecule has 12 nitrogen and oxygen atoms in total. The largest absolute Gasteiger partial charge is 0.462 e. The van der Waals surface area contributed by atoms with Crippen LogP contribution < -0.4 is 0 Å².